The van der Waals surface area contributed by atoms with Gasteiger partial charge in [-0.2, -0.15) is 0 Å². The van der Waals surface area contributed by atoms with Crippen molar-refractivity contribution in [1.82, 2.24) is 0 Å². The first-order chi connectivity index (χ1) is 10.6. The van der Waals surface area contributed by atoms with Gasteiger partial charge in [0.25, 0.3) is 11.6 Å². The van der Waals surface area contributed by atoms with Gasteiger partial charge in [-0.1, -0.05) is 30.3 Å². The molecule has 0 fully saturated rings. The van der Waals surface area contributed by atoms with Gasteiger partial charge in [0.1, 0.15) is 5.76 Å². The van der Waals surface area contributed by atoms with Gasteiger partial charge in [-0.05, 0) is 6.07 Å². The Hall–Kier alpha value is -3.15. The van der Waals surface area contributed by atoms with Crippen molar-refractivity contribution in [3.05, 3.63) is 69.8 Å². The van der Waals surface area contributed by atoms with Crippen LogP contribution in [0.3, 0.4) is 0 Å². The highest BCUT2D eigenvalue weighted by atomic mass is 16.6. The van der Waals surface area contributed by atoms with E-state index in [9.17, 15) is 14.9 Å². The van der Waals surface area contributed by atoms with E-state index < -0.39 is 4.92 Å². The summed E-state index contributed by atoms with van der Waals surface area (Å²) < 4.78 is 5.40. The molecule has 110 valence electrons. The van der Waals surface area contributed by atoms with Crippen molar-refractivity contribution in [3.63, 3.8) is 0 Å². The second kappa shape index (κ2) is 5.33. The second-order valence-electron chi connectivity index (χ2n) is 4.72. The van der Waals surface area contributed by atoms with E-state index in [2.05, 4.69) is 5.32 Å². The molecule has 6 nitrogen and oxygen atoms in total. The lowest BCUT2D eigenvalue weighted by Crippen LogP contribution is -2.06. The Morgan fingerprint density at radius 1 is 1.18 bits per heavy atom. The van der Waals surface area contributed by atoms with Crippen LogP contribution in [-0.2, 0) is 9.53 Å². The van der Waals surface area contributed by atoms with Gasteiger partial charge in [-0.25, -0.2) is 0 Å². The summed E-state index contributed by atoms with van der Waals surface area (Å²) in [6.45, 7) is 0. The third kappa shape index (κ3) is 2.20. The third-order valence-electron chi connectivity index (χ3n) is 3.43. The maximum atomic E-state index is 12.3. The number of nitro benzene ring substituents is 1. The normalized spacial score (nSPS) is 15.0. The summed E-state index contributed by atoms with van der Waals surface area (Å²) in [5.41, 5.74) is 1.97. The number of benzene rings is 2. The van der Waals surface area contributed by atoms with E-state index >= 15 is 0 Å². The van der Waals surface area contributed by atoms with Crippen molar-refractivity contribution in [2.45, 2.75) is 0 Å². The largest absolute Gasteiger partial charge is 0.495 e. The van der Waals surface area contributed by atoms with Gasteiger partial charge in [0, 0.05) is 28.9 Å². The number of carbonyl (C=O) groups excluding carboxylic acids is 1. The summed E-state index contributed by atoms with van der Waals surface area (Å²) in [5, 5.41) is 13.7. The van der Waals surface area contributed by atoms with Crippen LogP contribution < -0.4 is 5.32 Å². The van der Waals surface area contributed by atoms with Crippen LogP contribution in [0.15, 0.2) is 48.5 Å². The van der Waals surface area contributed by atoms with Crippen LogP contribution in [-0.4, -0.2) is 17.9 Å². The summed E-state index contributed by atoms with van der Waals surface area (Å²) in [6.07, 6.45) is 0. The van der Waals surface area contributed by atoms with Crippen molar-refractivity contribution in [2.75, 3.05) is 12.4 Å². The number of methoxy groups -OCH3 is 1. The van der Waals surface area contributed by atoms with Gasteiger partial charge in [0.15, 0.2) is 0 Å². The van der Waals surface area contributed by atoms with E-state index in [1.807, 2.05) is 30.3 Å². The minimum absolute atomic E-state index is 0.0729. The van der Waals surface area contributed by atoms with Crippen LogP contribution in [0.1, 0.15) is 11.1 Å². The van der Waals surface area contributed by atoms with E-state index in [1.54, 1.807) is 0 Å². The highest BCUT2D eigenvalue weighted by molar-refractivity contribution is 6.36. The van der Waals surface area contributed by atoms with Crippen LogP contribution in [0, 0.1) is 10.1 Å². The first-order valence-electron chi connectivity index (χ1n) is 6.55. The van der Waals surface area contributed by atoms with Gasteiger partial charge in [-0.3, -0.25) is 14.9 Å². The molecule has 0 saturated carbocycles. The fourth-order valence-corrected chi connectivity index (χ4v) is 2.45. The Morgan fingerprint density at radius 3 is 2.55 bits per heavy atom. The molecule has 22 heavy (non-hydrogen) atoms. The highest BCUT2D eigenvalue weighted by Crippen LogP contribution is 2.38. The molecule has 3 rings (SSSR count). The molecular formula is C16H12N2O4. The van der Waals surface area contributed by atoms with Gasteiger partial charge < -0.3 is 10.1 Å². The minimum atomic E-state index is -0.490. The SMILES string of the molecule is CO/C(=C1\C(=O)Nc2ccc([N+](=O)[O-])cc21)c1ccccc1. The first kappa shape index (κ1) is 13.8. The van der Waals surface area contributed by atoms with Crippen molar-refractivity contribution < 1.29 is 14.5 Å². The topological polar surface area (TPSA) is 81.5 Å². The fraction of sp³-hybridized carbons (Fsp3) is 0.0625. The number of ether oxygens (including phenoxy) is 1. The lowest BCUT2D eigenvalue weighted by molar-refractivity contribution is -0.384. The van der Waals surface area contributed by atoms with Crippen LogP contribution in [0.5, 0.6) is 0 Å². The molecule has 0 radical (unpaired) electrons. The monoisotopic (exact) mass is 296 g/mol. The predicted octanol–water partition coefficient (Wildman–Crippen LogP) is 3.06. The number of nitrogens with one attached hydrogen (secondary N) is 1. The molecule has 0 aliphatic carbocycles. The molecule has 1 aliphatic heterocycles. The molecule has 0 bridgehead atoms. The lowest BCUT2D eigenvalue weighted by atomic mass is 10.0. The molecule has 0 spiro atoms. The van der Waals surface area contributed by atoms with Gasteiger partial charge in [-0.15, -0.1) is 0 Å². The van der Waals surface area contributed by atoms with Crippen LogP contribution in [0.25, 0.3) is 11.3 Å². The van der Waals surface area contributed by atoms with Crippen LogP contribution in [0.2, 0.25) is 0 Å². The quantitative estimate of drug-likeness (QED) is 0.408. The number of amides is 1. The third-order valence-corrected chi connectivity index (χ3v) is 3.43. The number of fused-ring (bicyclic) bond motifs is 1. The molecule has 2 aromatic rings. The number of nitrogens with zero attached hydrogens (tertiary/aromatic N) is 1. The molecule has 6 heteroatoms. The summed E-state index contributed by atoms with van der Waals surface area (Å²) in [4.78, 5) is 22.7. The smallest absolute Gasteiger partial charge is 0.270 e. The molecule has 0 atom stereocenters. The van der Waals surface area contributed by atoms with Gasteiger partial charge in [0.05, 0.1) is 17.6 Å². The highest BCUT2D eigenvalue weighted by Gasteiger charge is 2.30. The molecule has 0 unspecified atom stereocenters. The Morgan fingerprint density at radius 2 is 1.91 bits per heavy atom. The molecule has 1 heterocycles. The number of hydrogen-bond donors (Lipinski definition) is 1. The Labute approximate surface area is 126 Å². The Balaban J connectivity index is 2.24. The maximum absolute atomic E-state index is 12.3. The molecule has 0 saturated heterocycles. The number of carbonyl (C=O) groups is 1. The summed E-state index contributed by atoms with van der Waals surface area (Å²) in [7, 11) is 1.47. The number of nitro groups is 1. The Bertz CT molecular complexity index is 797. The molecular weight excluding hydrogens is 284 g/mol. The zero-order chi connectivity index (χ0) is 15.7. The van der Waals surface area contributed by atoms with E-state index in [1.165, 1.54) is 25.3 Å². The van der Waals surface area contributed by atoms with Crippen molar-refractivity contribution >= 4 is 28.6 Å². The van der Waals surface area contributed by atoms with E-state index in [0.717, 1.165) is 5.56 Å². The lowest BCUT2D eigenvalue weighted by Gasteiger charge is -2.09. The number of hydrogen-bond acceptors (Lipinski definition) is 4. The Kier molecular flexibility index (Phi) is 3.34. The van der Waals surface area contributed by atoms with Crippen molar-refractivity contribution in [3.8, 4) is 0 Å². The summed E-state index contributed by atoms with van der Waals surface area (Å²) >= 11 is 0. The van der Waals surface area contributed by atoms with Gasteiger partial charge >= 0.3 is 0 Å². The standard InChI is InChI=1S/C16H12N2O4/c1-22-15(10-5-3-2-4-6-10)14-12-9-11(18(20)21)7-8-13(12)17-16(14)19/h2-9H,1H3,(H,17,19)/b15-14-. The second-order valence-corrected chi connectivity index (χ2v) is 4.72. The van der Waals surface area contributed by atoms with Crippen molar-refractivity contribution in [1.29, 1.82) is 0 Å². The number of anilines is 1. The molecule has 1 N–H and O–H groups in total. The average Bonchev–Trinajstić information content (AvgIpc) is 2.85. The minimum Gasteiger partial charge on any atom is -0.495 e. The van der Waals surface area contributed by atoms with E-state index in [-0.39, 0.29) is 11.6 Å². The number of rotatable bonds is 3. The number of non-ortho nitro benzene ring substituents is 1. The zero-order valence-electron chi connectivity index (χ0n) is 11.7. The van der Waals surface area contributed by atoms with Crippen LogP contribution >= 0.6 is 0 Å². The van der Waals surface area contributed by atoms with Crippen molar-refractivity contribution in [2.24, 2.45) is 0 Å². The van der Waals surface area contributed by atoms with Gasteiger partial charge in [0.2, 0.25) is 0 Å². The summed E-state index contributed by atoms with van der Waals surface area (Å²) in [6, 6.07) is 13.4. The molecule has 1 aliphatic rings. The van der Waals surface area contributed by atoms with E-state index in [0.29, 0.717) is 22.6 Å². The zero-order valence-corrected chi connectivity index (χ0v) is 11.7. The molecule has 1 amide bonds. The molecule has 2 aromatic carbocycles. The molecule has 0 aromatic heterocycles. The average molecular weight is 296 g/mol. The maximum Gasteiger partial charge on any atom is 0.270 e. The van der Waals surface area contributed by atoms with Crippen LogP contribution in [0.4, 0.5) is 11.4 Å². The predicted molar refractivity (Wildman–Crippen MR) is 82.0 cm³/mol. The summed E-state index contributed by atoms with van der Waals surface area (Å²) in [5.74, 6) is 0.0496. The first-order valence-corrected chi connectivity index (χ1v) is 6.55. The van der Waals surface area contributed by atoms with E-state index in [4.69, 9.17) is 4.74 Å². The fourth-order valence-electron chi connectivity index (χ4n) is 2.45.